The number of nitrogens with one attached hydrogen (secondary N) is 1. The Kier molecular flexibility index (Phi) is 4.88. The molecule has 0 bridgehead atoms. The van der Waals surface area contributed by atoms with Crippen molar-refractivity contribution in [2.45, 2.75) is 32.2 Å². The van der Waals surface area contributed by atoms with Crippen LogP contribution in [0, 0.1) is 0 Å². The molecule has 60 valence electrons. The molecule has 0 aromatic carbocycles. The summed E-state index contributed by atoms with van der Waals surface area (Å²) in [5.41, 5.74) is 2.24. The molecule has 0 aromatic rings. The molecule has 0 saturated carbocycles. The molecule has 0 saturated heterocycles. The van der Waals surface area contributed by atoms with Crippen LogP contribution in [-0.4, -0.2) is 17.1 Å². The van der Waals surface area contributed by atoms with Crippen LogP contribution < -0.4 is 11.3 Å². The molecule has 0 spiro atoms. The van der Waals surface area contributed by atoms with Crippen molar-refractivity contribution in [3.05, 3.63) is 0 Å². The molecule has 4 N–H and O–H groups in total. The van der Waals surface area contributed by atoms with E-state index in [0.29, 0.717) is 6.42 Å². The Bertz CT molecular complexity index is 106. The summed E-state index contributed by atoms with van der Waals surface area (Å²) in [7, 11) is 0. The maximum absolute atomic E-state index is 10.3. The summed E-state index contributed by atoms with van der Waals surface area (Å²) in [6.45, 7) is 2.01. The van der Waals surface area contributed by atoms with Gasteiger partial charge in [0.15, 0.2) is 0 Å². The van der Waals surface area contributed by atoms with E-state index in [1.54, 1.807) is 0 Å². The molecule has 1 unspecified atom stereocenters. The van der Waals surface area contributed by atoms with Gasteiger partial charge in [0.25, 0.3) is 0 Å². The number of carboxylic acids is 1. The predicted octanol–water partition coefficient (Wildman–Crippen LogP) is 0.0931. The number of hydrogen-bond donors (Lipinski definition) is 3. The minimum atomic E-state index is -0.879. The van der Waals surface area contributed by atoms with Crippen molar-refractivity contribution >= 4 is 5.97 Å². The fourth-order valence-electron chi connectivity index (χ4n) is 0.686. The van der Waals surface area contributed by atoms with Gasteiger partial charge in [-0.1, -0.05) is 19.8 Å². The molecule has 0 aliphatic carbocycles. The standard InChI is InChI=1S/C6H14N2O2/c1-2-3-4-5(8-7)6(9)10/h5,8H,2-4,7H2,1H3,(H,9,10). The molecule has 0 aromatic heterocycles. The Morgan fingerprint density at radius 3 is 2.70 bits per heavy atom. The summed E-state index contributed by atoms with van der Waals surface area (Å²) in [4.78, 5) is 10.3. The van der Waals surface area contributed by atoms with Gasteiger partial charge in [0, 0.05) is 0 Å². The van der Waals surface area contributed by atoms with E-state index in [9.17, 15) is 4.79 Å². The number of carboxylic acid groups (broad SMARTS) is 1. The first kappa shape index (κ1) is 9.39. The minimum absolute atomic E-state index is 0.583. The number of rotatable bonds is 5. The lowest BCUT2D eigenvalue weighted by Gasteiger charge is -2.08. The van der Waals surface area contributed by atoms with Gasteiger partial charge in [0.1, 0.15) is 6.04 Å². The van der Waals surface area contributed by atoms with Gasteiger partial charge in [-0.15, -0.1) is 0 Å². The first-order valence-electron chi connectivity index (χ1n) is 3.41. The maximum Gasteiger partial charge on any atom is 0.322 e. The van der Waals surface area contributed by atoms with Crippen molar-refractivity contribution in [2.24, 2.45) is 5.84 Å². The summed E-state index contributed by atoms with van der Waals surface area (Å²) in [6, 6.07) is -0.583. The normalized spacial score (nSPS) is 13.0. The highest BCUT2D eigenvalue weighted by Gasteiger charge is 2.13. The van der Waals surface area contributed by atoms with Gasteiger partial charge in [-0.25, -0.2) is 5.43 Å². The van der Waals surface area contributed by atoms with Crippen LogP contribution in [0.15, 0.2) is 0 Å². The number of hydrazine groups is 1. The number of nitrogens with two attached hydrogens (primary N) is 1. The fraction of sp³-hybridized carbons (Fsp3) is 0.833. The third-order valence-electron chi connectivity index (χ3n) is 1.35. The Hall–Kier alpha value is -0.610. The molecule has 10 heavy (non-hydrogen) atoms. The van der Waals surface area contributed by atoms with Crippen molar-refractivity contribution in [3.8, 4) is 0 Å². The molecule has 0 radical (unpaired) electrons. The third kappa shape index (κ3) is 3.42. The summed E-state index contributed by atoms with van der Waals surface area (Å²) in [6.07, 6.45) is 2.48. The highest BCUT2D eigenvalue weighted by molar-refractivity contribution is 5.73. The highest BCUT2D eigenvalue weighted by atomic mass is 16.4. The van der Waals surface area contributed by atoms with Crippen molar-refractivity contribution < 1.29 is 9.90 Å². The molecule has 0 amide bonds. The van der Waals surface area contributed by atoms with Crippen LogP contribution >= 0.6 is 0 Å². The SMILES string of the molecule is CCCCC(NN)C(=O)O. The average Bonchev–Trinajstić information content (AvgIpc) is 1.89. The van der Waals surface area contributed by atoms with Gasteiger partial charge in [-0.2, -0.15) is 0 Å². The summed E-state index contributed by atoms with van der Waals surface area (Å²) in [5.74, 6) is 4.10. The zero-order valence-electron chi connectivity index (χ0n) is 6.13. The predicted molar refractivity (Wildman–Crippen MR) is 38.3 cm³/mol. The third-order valence-corrected chi connectivity index (χ3v) is 1.35. The molecule has 0 aliphatic heterocycles. The fourth-order valence-corrected chi connectivity index (χ4v) is 0.686. The van der Waals surface area contributed by atoms with Crippen molar-refractivity contribution in [1.82, 2.24) is 5.43 Å². The van der Waals surface area contributed by atoms with Crippen molar-refractivity contribution in [3.63, 3.8) is 0 Å². The molecule has 0 aliphatic rings. The van der Waals surface area contributed by atoms with Crippen LogP contribution in [0.25, 0.3) is 0 Å². The van der Waals surface area contributed by atoms with Crippen molar-refractivity contribution in [2.75, 3.05) is 0 Å². The van der Waals surface area contributed by atoms with E-state index < -0.39 is 12.0 Å². The van der Waals surface area contributed by atoms with Crippen LogP contribution in [0.1, 0.15) is 26.2 Å². The van der Waals surface area contributed by atoms with Gasteiger partial charge in [0.05, 0.1) is 0 Å². The summed E-state index contributed by atoms with van der Waals surface area (Å²) >= 11 is 0. The van der Waals surface area contributed by atoms with Crippen molar-refractivity contribution in [1.29, 1.82) is 0 Å². The van der Waals surface area contributed by atoms with Crippen LogP contribution in [0.2, 0.25) is 0 Å². The zero-order chi connectivity index (χ0) is 7.98. The van der Waals surface area contributed by atoms with Gasteiger partial charge < -0.3 is 5.11 Å². The Labute approximate surface area is 60.4 Å². The molecule has 1 atom stereocenters. The number of unbranched alkanes of at least 4 members (excludes halogenated alkanes) is 1. The van der Waals surface area contributed by atoms with E-state index in [2.05, 4.69) is 5.43 Å². The van der Waals surface area contributed by atoms with Gasteiger partial charge in [-0.05, 0) is 6.42 Å². The van der Waals surface area contributed by atoms with Gasteiger partial charge in [0.2, 0.25) is 0 Å². The number of hydrogen-bond acceptors (Lipinski definition) is 3. The first-order valence-corrected chi connectivity index (χ1v) is 3.41. The van der Waals surface area contributed by atoms with E-state index in [4.69, 9.17) is 10.9 Å². The quantitative estimate of drug-likeness (QED) is 0.379. The largest absolute Gasteiger partial charge is 0.480 e. The summed E-state index contributed by atoms with van der Waals surface area (Å²) in [5, 5.41) is 8.46. The second kappa shape index (κ2) is 5.20. The zero-order valence-corrected chi connectivity index (χ0v) is 6.13. The molecule has 0 heterocycles. The van der Waals surface area contributed by atoms with Crippen LogP contribution in [0.4, 0.5) is 0 Å². The van der Waals surface area contributed by atoms with Crippen LogP contribution in [0.5, 0.6) is 0 Å². The van der Waals surface area contributed by atoms with Crippen LogP contribution in [-0.2, 0) is 4.79 Å². The second-order valence-corrected chi connectivity index (χ2v) is 2.20. The molecule has 0 fully saturated rings. The average molecular weight is 146 g/mol. The monoisotopic (exact) mass is 146 g/mol. The Morgan fingerprint density at radius 2 is 2.40 bits per heavy atom. The molecular weight excluding hydrogens is 132 g/mol. The van der Waals surface area contributed by atoms with E-state index >= 15 is 0 Å². The second-order valence-electron chi connectivity index (χ2n) is 2.20. The lowest BCUT2D eigenvalue weighted by Crippen LogP contribution is -2.41. The Balaban J connectivity index is 3.50. The molecular formula is C6H14N2O2. The van der Waals surface area contributed by atoms with E-state index in [1.807, 2.05) is 6.92 Å². The van der Waals surface area contributed by atoms with E-state index in [-0.39, 0.29) is 0 Å². The molecule has 0 rings (SSSR count). The smallest absolute Gasteiger partial charge is 0.322 e. The first-order chi connectivity index (χ1) is 4.72. The van der Waals surface area contributed by atoms with Crippen LogP contribution in [0.3, 0.4) is 0 Å². The van der Waals surface area contributed by atoms with E-state index in [1.165, 1.54) is 0 Å². The maximum atomic E-state index is 10.3. The lowest BCUT2D eigenvalue weighted by atomic mass is 10.1. The van der Waals surface area contributed by atoms with Gasteiger partial charge in [-0.3, -0.25) is 10.6 Å². The number of carbonyl (C=O) groups is 1. The number of aliphatic carboxylic acids is 1. The van der Waals surface area contributed by atoms with Gasteiger partial charge >= 0.3 is 5.97 Å². The lowest BCUT2D eigenvalue weighted by molar-refractivity contribution is -0.139. The Morgan fingerprint density at radius 1 is 1.80 bits per heavy atom. The molecule has 4 nitrogen and oxygen atoms in total. The molecule has 4 heteroatoms. The van der Waals surface area contributed by atoms with E-state index in [0.717, 1.165) is 12.8 Å². The summed E-state index contributed by atoms with van der Waals surface area (Å²) < 4.78 is 0. The minimum Gasteiger partial charge on any atom is -0.480 e. The topological polar surface area (TPSA) is 75.3 Å². The highest BCUT2D eigenvalue weighted by Crippen LogP contribution is 1.98.